The Labute approximate surface area is 138 Å². The highest BCUT2D eigenvalue weighted by Crippen LogP contribution is 2.35. The molecule has 3 aromatic rings. The van der Waals surface area contributed by atoms with Crippen molar-refractivity contribution in [2.24, 2.45) is 0 Å². The maximum Gasteiger partial charge on any atom is 0.262 e. The molecule has 0 aliphatic carbocycles. The second-order valence-electron chi connectivity index (χ2n) is 5.69. The summed E-state index contributed by atoms with van der Waals surface area (Å²) in [6, 6.07) is 6.30. The molecule has 0 amide bonds. The number of aromatic nitrogens is 2. The van der Waals surface area contributed by atoms with Gasteiger partial charge in [0.05, 0.1) is 5.39 Å². The van der Waals surface area contributed by atoms with Gasteiger partial charge in [0.2, 0.25) is 0 Å². The van der Waals surface area contributed by atoms with Crippen molar-refractivity contribution in [3.63, 3.8) is 0 Å². The van der Waals surface area contributed by atoms with Gasteiger partial charge in [0.15, 0.2) is 0 Å². The van der Waals surface area contributed by atoms with Crippen LogP contribution in [0.1, 0.15) is 30.5 Å². The fourth-order valence-corrected chi connectivity index (χ4v) is 3.92. The van der Waals surface area contributed by atoms with Crippen LogP contribution in [-0.2, 0) is 6.54 Å². The summed E-state index contributed by atoms with van der Waals surface area (Å²) < 4.78 is 15.0. The molecule has 0 radical (unpaired) electrons. The van der Waals surface area contributed by atoms with Crippen LogP contribution in [0.15, 0.2) is 29.1 Å². The summed E-state index contributed by atoms with van der Waals surface area (Å²) in [5.74, 6) is 0.475. The molecule has 1 aromatic carbocycles. The van der Waals surface area contributed by atoms with Gasteiger partial charge >= 0.3 is 0 Å². The average Bonchev–Trinajstić information content (AvgIpc) is 2.84. The Kier molecular flexibility index (Phi) is 4.31. The van der Waals surface area contributed by atoms with E-state index in [9.17, 15) is 9.18 Å². The van der Waals surface area contributed by atoms with Gasteiger partial charge in [0, 0.05) is 17.0 Å². The molecule has 0 aliphatic rings. The molecule has 0 N–H and O–H groups in total. The Bertz CT molecular complexity index is 909. The largest absolute Gasteiger partial charge is 0.296 e. The highest BCUT2D eigenvalue weighted by Gasteiger charge is 2.18. The lowest BCUT2D eigenvalue weighted by Gasteiger charge is -2.09. The third-order valence-corrected chi connectivity index (χ3v) is 5.05. The number of nitrogens with zero attached hydrogens (tertiary/aromatic N) is 2. The van der Waals surface area contributed by atoms with E-state index in [1.54, 1.807) is 16.7 Å². The van der Waals surface area contributed by atoms with Gasteiger partial charge in [-0.25, -0.2) is 9.37 Å². The third-order valence-electron chi connectivity index (χ3n) is 4.05. The van der Waals surface area contributed by atoms with Crippen LogP contribution in [0.3, 0.4) is 0 Å². The highest BCUT2D eigenvalue weighted by molar-refractivity contribution is 7.19. The normalized spacial score (nSPS) is 11.3. The SMILES string of the molecule is CCCCn1c(C)nc2sc(C)c(-c3ccc(F)cc3)c2c1=O. The van der Waals surface area contributed by atoms with E-state index >= 15 is 0 Å². The van der Waals surface area contributed by atoms with Gasteiger partial charge in [0.25, 0.3) is 5.56 Å². The number of thiophene rings is 1. The van der Waals surface area contributed by atoms with Crippen molar-refractivity contribution < 1.29 is 4.39 Å². The molecule has 0 spiro atoms. The lowest BCUT2D eigenvalue weighted by molar-refractivity contribution is 0.592. The first-order valence-corrected chi connectivity index (χ1v) is 8.61. The van der Waals surface area contributed by atoms with E-state index in [-0.39, 0.29) is 11.4 Å². The van der Waals surface area contributed by atoms with Crippen LogP contribution in [-0.4, -0.2) is 9.55 Å². The molecule has 3 nitrogen and oxygen atoms in total. The van der Waals surface area contributed by atoms with E-state index in [2.05, 4.69) is 11.9 Å². The van der Waals surface area contributed by atoms with E-state index in [4.69, 9.17) is 0 Å². The summed E-state index contributed by atoms with van der Waals surface area (Å²) in [6.45, 7) is 6.65. The first-order valence-electron chi connectivity index (χ1n) is 7.79. The molecule has 23 heavy (non-hydrogen) atoms. The number of hydrogen-bond donors (Lipinski definition) is 0. The Morgan fingerprint density at radius 1 is 1.22 bits per heavy atom. The molecular formula is C18H19FN2OS. The monoisotopic (exact) mass is 330 g/mol. The summed E-state index contributed by atoms with van der Waals surface area (Å²) in [4.78, 5) is 19.4. The molecule has 2 heterocycles. The molecular weight excluding hydrogens is 311 g/mol. The molecule has 0 fully saturated rings. The summed E-state index contributed by atoms with van der Waals surface area (Å²) in [5.41, 5.74) is 1.75. The van der Waals surface area contributed by atoms with Crippen LogP contribution >= 0.6 is 11.3 Å². The van der Waals surface area contributed by atoms with Gasteiger partial charge in [-0.1, -0.05) is 25.5 Å². The molecule has 0 unspecified atom stereocenters. The average molecular weight is 330 g/mol. The summed E-state index contributed by atoms with van der Waals surface area (Å²) in [6.07, 6.45) is 1.97. The quantitative estimate of drug-likeness (QED) is 0.696. The molecule has 0 saturated heterocycles. The van der Waals surface area contributed by atoms with Crippen molar-refractivity contribution in [2.45, 2.75) is 40.2 Å². The van der Waals surface area contributed by atoms with Crippen molar-refractivity contribution in [2.75, 3.05) is 0 Å². The highest BCUT2D eigenvalue weighted by atomic mass is 32.1. The molecule has 0 saturated carbocycles. The van der Waals surface area contributed by atoms with Crippen LogP contribution in [0.25, 0.3) is 21.3 Å². The van der Waals surface area contributed by atoms with Gasteiger partial charge in [-0.05, 0) is 38.0 Å². The fourth-order valence-electron chi connectivity index (χ4n) is 2.84. The molecule has 2 aromatic heterocycles. The fraction of sp³-hybridized carbons (Fsp3) is 0.333. The maximum atomic E-state index is 13.2. The van der Waals surface area contributed by atoms with E-state index in [0.717, 1.165) is 39.5 Å². The predicted octanol–water partition coefficient (Wildman–Crippen LogP) is 4.68. The topological polar surface area (TPSA) is 34.9 Å². The smallest absolute Gasteiger partial charge is 0.262 e. The molecule has 0 atom stereocenters. The maximum absolute atomic E-state index is 13.2. The second-order valence-corrected chi connectivity index (χ2v) is 6.89. The zero-order valence-electron chi connectivity index (χ0n) is 13.5. The second kappa shape index (κ2) is 6.24. The van der Waals surface area contributed by atoms with Crippen LogP contribution in [0.5, 0.6) is 0 Å². The van der Waals surface area contributed by atoms with Gasteiger partial charge in [-0.15, -0.1) is 11.3 Å². The van der Waals surface area contributed by atoms with Crippen LogP contribution in [0.4, 0.5) is 4.39 Å². The zero-order chi connectivity index (χ0) is 16.6. The molecule has 120 valence electrons. The number of fused-ring (bicyclic) bond motifs is 1. The minimum Gasteiger partial charge on any atom is -0.296 e. The summed E-state index contributed by atoms with van der Waals surface area (Å²) in [5, 5.41) is 0.654. The van der Waals surface area contributed by atoms with Crippen molar-refractivity contribution in [3.8, 4) is 11.1 Å². The number of rotatable bonds is 4. The van der Waals surface area contributed by atoms with Crippen LogP contribution in [0, 0.1) is 19.7 Å². The molecule has 3 rings (SSSR count). The van der Waals surface area contributed by atoms with Gasteiger partial charge in [0.1, 0.15) is 16.5 Å². The van der Waals surface area contributed by atoms with Crippen molar-refractivity contribution >= 4 is 21.6 Å². The predicted molar refractivity (Wildman–Crippen MR) is 93.7 cm³/mol. The van der Waals surface area contributed by atoms with Crippen LogP contribution < -0.4 is 5.56 Å². The van der Waals surface area contributed by atoms with Gasteiger partial charge < -0.3 is 0 Å². The Morgan fingerprint density at radius 2 is 1.91 bits per heavy atom. The zero-order valence-corrected chi connectivity index (χ0v) is 14.3. The minimum atomic E-state index is -0.278. The van der Waals surface area contributed by atoms with E-state index in [1.165, 1.54) is 23.5 Å². The van der Waals surface area contributed by atoms with E-state index in [0.29, 0.717) is 11.9 Å². The molecule has 0 aliphatic heterocycles. The first kappa shape index (κ1) is 15.9. The number of benzene rings is 1. The number of unbranched alkanes of at least 4 members (excludes halogenated alkanes) is 1. The summed E-state index contributed by atoms with van der Waals surface area (Å²) >= 11 is 1.52. The standard InChI is InChI=1S/C18H19FN2OS/c1-4-5-10-21-12(3)20-17-16(18(21)22)15(11(2)23-17)13-6-8-14(19)9-7-13/h6-9H,4-5,10H2,1-3H3. The number of hydrogen-bond acceptors (Lipinski definition) is 3. The number of aryl methyl sites for hydroxylation is 2. The Morgan fingerprint density at radius 3 is 2.57 bits per heavy atom. The van der Waals surface area contributed by atoms with Gasteiger partial charge in [-0.2, -0.15) is 0 Å². The number of halogens is 1. The molecule has 5 heteroatoms. The van der Waals surface area contributed by atoms with Crippen LogP contribution in [0.2, 0.25) is 0 Å². The Balaban J connectivity index is 2.28. The first-order chi connectivity index (χ1) is 11.0. The van der Waals surface area contributed by atoms with E-state index in [1.807, 2.05) is 13.8 Å². The van der Waals surface area contributed by atoms with Gasteiger partial charge in [-0.3, -0.25) is 9.36 Å². The van der Waals surface area contributed by atoms with Crippen molar-refractivity contribution in [1.29, 1.82) is 0 Å². The minimum absolute atomic E-state index is 0.00428. The third kappa shape index (κ3) is 2.81. The van der Waals surface area contributed by atoms with Crippen molar-refractivity contribution in [1.82, 2.24) is 9.55 Å². The summed E-state index contributed by atoms with van der Waals surface area (Å²) in [7, 11) is 0. The van der Waals surface area contributed by atoms with E-state index < -0.39 is 0 Å². The lowest BCUT2D eigenvalue weighted by atomic mass is 10.0. The Hall–Kier alpha value is -2.01. The lowest BCUT2D eigenvalue weighted by Crippen LogP contribution is -2.23. The molecule has 0 bridgehead atoms. The van der Waals surface area contributed by atoms with Crippen molar-refractivity contribution in [3.05, 3.63) is 51.1 Å².